The molecule has 0 unspecified atom stereocenters. The van der Waals surface area contributed by atoms with E-state index in [9.17, 15) is 8.78 Å². The molecule has 0 radical (unpaired) electrons. The monoisotopic (exact) mass is 351 g/mol. The van der Waals surface area contributed by atoms with Gasteiger partial charge in [-0.05, 0) is 77.0 Å². The number of anilines is 1. The highest BCUT2D eigenvalue weighted by Crippen LogP contribution is 2.39. The molecule has 3 rings (SSSR count). The standard InChI is InChI=1S/C17H16BrF2N/c1-10-5-15(18)16(20)9-17(10)21-14-7-12(8-14)11-3-2-4-13(19)6-11/h2-6,9,12,14,21H,7-8H2,1H3. The first kappa shape index (κ1) is 14.5. The average molecular weight is 352 g/mol. The zero-order chi connectivity index (χ0) is 15.0. The van der Waals surface area contributed by atoms with Gasteiger partial charge >= 0.3 is 0 Å². The Bertz CT molecular complexity index is 666. The Kier molecular flexibility index (Phi) is 3.98. The van der Waals surface area contributed by atoms with Crippen molar-refractivity contribution in [2.24, 2.45) is 0 Å². The van der Waals surface area contributed by atoms with E-state index >= 15 is 0 Å². The topological polar surface area (TPSA) is 12.0 Å². The normalized spacial score (nSPS) is 21.0. The summed E-state index contributed by atoms with van der Waals surface area (Å²) in [5, 5.41) is 3.37. The van der Waals surface area contributed by atoms with Crippen LogP contribution in [-0.4, -0.2) is 6.04 Å². The Morgan fingerprint density at radius 1 is 1.14 bits per heavy atom. The maximum Gasteiger partial charge on any atom is 0.139 e. The quantitative estimate of drug-likeness (QED) is 0.781. The van der Waals surface area contributed by atoms with Crippen LogP contribution in [0.3, 0.4) is 0 Å². The van der Waals surface area contributed by atoms with Crippen molar-refractivity contribution in [2.75, 3.05) is 5.32 Å². The summed E-state index contributed by atoms with van der Waals surface area (Å²) < 4.78 is 27.3. The molecule has 1 aliphatic carbocycles. The smallest absolute Gasteiger partial charge is 0.139 e. The first-order chi connectivity index (χ1) is 10.0. The van der Waals surface area contributed by atoms with Crippen molar-refractivity contribution in [3.05, 3.63) is 63.6 Å². The number of nitrogens with one attached hydrogen (secondary N) is 1. The van der Waals surface area contributed by atoms with Crippen molar-refractivity contribution in [1.29, 1.82) is 0 Å². The summed E-state index contributed by atoms with van der Waals surface area (Å²) in [6.07, 6.45) is 1.89. The van der Waals surface area contributed by atoms with E-state index in [1.54, 1.807) is 18.2 Å². The zero-order valence-electron chi connectivity index (χ0n) is 11.7. The van der Waals surface area contributed by atoms with Crippen LogP contribution >= 0.6 is 15.9 Å². The Morgan fingerprint density at radius 3 is 2.62 bits per heavy atom. The van der Waals surface area contributed by atoms with Crippen LogP contribution in [0.15, 0.2) is 40.9 Å². The third kappa shape index (κ3) is 3.10. The van der Waals surface area contributed by atoms with Gasteiger partial charge in [-0.15, -0.1) is 0 Å². The second-order valence-corrected chi connectivity index (χ2v) is 6.50. The lowest BCUT2D eigenvalue weighted by molar-refractivity contribution is 0.372. The van der Waals surface area contributed by atoms with Crippen LogP contribution in [0.2, 0.25) is 0 Å². The predicted molar refractivity (Wildman–Crippen MR) is 84.6 cm³/mol. The lowest BCUT2D eigenvalue weighted by atomic mass is 9.75. The van der Waals surface area contributed by atoms with E-state index in [2.05, 4.69) is 21.2 Å². The van der Waals surface area contributed by atoms with Gasteiger partial charge in [-0.1, -0.05) is 12.1 Å². The predicted octanol–water partition coefficient (Wildman–Crippen LogP) is 5.39. The van der Waals surface area contributed by atoms with E-state index in [0.29, 0.717) is 16.4 Å². The maximum atomic E-state index is 13.6. The van der Waals surface area contributed by atoms with Crippen molar-refractivity contribution >= 4 is 21.6 Å². The molecule has 1 N–H and O–H groups in total. The summed E-state index contributed by atoms with van der Waals surface area (Å²) in [7, 11) is 0. The minimum atomic E-state index is -0.260. The third-order valence-electron chi connectivity index (χ3n) is 4.09. The largest absolute Gasteiger partial charge is 0.382 e. The van der Waals surface area contributed by atoms with Gasteiger partial charge in [-0.25, -0.2) is 8.78 Å². The number of halogens is 3. The lowest BCUT2D eigenvalue weighted by Crippen LogP contribution is -2.34. The van der Waals surface area contributed by atoms with Crippen LogP contribution in [0.25, 0.3) is 0 Å². The molecule has 2 aromatic rings. The van der Waals surface area contributed by atoms with Crippen molar-refractivity contribution in [3.8, 4) is 0 Å². The molecule has 110 valence electrons. The second-order valence-electron chi connectivity index (χ2n) is 5.65. The van der Waals surface area contributed by atoms with E-state index in [1.807, 2.05) is 13.0 Å². The van der Waals surface area contributed by atoms with Gasteiger partial charge in [0.1, 0.15) is 11.6 Å². The molecule has 0 aliphatic heterocycles. The van der Waals surface area contributed by atoms with Crippen LogP contribution in [0.1, 0.15) is 29.9 Å². The van der Waals surface area contributed by atoms with Crippen LogP contribution in [-0.2, 0) is 0 Å². The summed E-state index contributed by atoms with van der Waals surface area (Å²) in [4.78, 5) is 0. The summed E-state index contributed by atoms with van der Waals surface area (Å²) >= 11 is 3.19. The van der Waals surface area contributed by atoms with E-state index in [-0.39, 0.29) is 11.6 Å². The first-order valence-electron chi connectivity index (χ1n) is 7.00. The molecule has 1 nitrogen and oxygen atoms in total. The number of aryl methyl sites for hydroxylation is 1. The molecule has 1 aliphatic rings. The minimum absolute atomic E-state index is 0.185. The van der Waals surface area contributed by atoms with Crippen LogP contribution < -0.4 is 5.32 Å². The molecule has 0 saturated heterocycles. The minimum Gasteiger partial charge on any atom is -0.382 e. The van der Waals surface area contributed by atoms with Gasteiger partial charge in [0.2, 0.25) is 0 Å². The SMILES string of the molecule is Cc1cc(Br)c(F)cc1NC1CC(c2cccc(F)c2)C1. The van der Waals surface area contributed by atoms with Gasteiger partial charge in [0.05, 0.1) is 4.47 Å². The van der Waals surface area contributed by atoms with Gasteiger partial charge in [0, 0.05) is 11.7 Å². The molecule has 0 aromatic heterocycles. The molecule has 0 amide bonds. The molecule has 4 heteroatoms. The molecule has 0 heterocycles. The highest BCUT2D eigenvalue weighted by atomic mass is 79.9. The average Bonchev–Trinajstić information content (AvgIpc) is 2.39. The Balaban J connectivity index is 1.64. The summed E-state index contributed by atoms with van der Waals surface area (Å²) in [5.74, 6) is -0.0577. The fourth-order valence-electron chi connectivity index (χ4n) is 2.79. The van der Waals surface area contributed by atoms with Crippen LogP contribution in [0.5, 0.6) is 0 Å². The molecule has 1 saturated carbocycles. The number of hydrogen-bond acceptors (Lipinski definition) is 1. The van der Waals surface area contributed by atoms with Crippen LogP contribution in [0, 0.1) is 18.6 Å². The lowest BCUT2D eigenvalue weighted by Gasteiger charge is -2.37. The van der Waals surface area contributed by atoms with Crippen molar-refractivity contribution in [2.45, 2.75) is 31.7 Å². The van der Waals surface area contributed by atoms with Gasteiger partial charge < -0.3 is 5.32 Å². The third-order valence-corrected chi connectivity index (χ3v) is 4.69. The molecular weight excluding hydrogens is 336 g/mol. The Hall–Kier alpha value is -1.42. The van der Waals surface area contributed by atoms with Gasteiger partial charge in [-0.3, -0.25) is 0 Å². The van der Waals surface area contributed by atoms with E-state index in [4.69, 9.17) is 0 Å². The van der Waals surface area contributed by atoms with E-state index < -0.39 is 0 Å². The number of hydrogen-bond donors (Lipinski definition) is 1. The van der Waals surface area contributed by atoms with Crippen molar-refractivity contribution in [3.63, 3.8) is 0 Å². The number of rotatable bonds is 3. The zero-order valence-corrected chi connectivity index (χ0v) is 13.3. The second kappa shape index (κ2) is 5.76. The van der Waals surface area contributed by atoms with Crippen molar-refractivity contribution in [1.82, 2.24) is 0 Å². The van der Waals surface area contributed by atoms with Crippen molar-refractivity contribution < 1.29 is 8.78 Å². The first-order valence-corrected chi connectivity index (χ1v) is 7.80. The Morgan fingerprint density at radius 2 is 1.90 bits per heavy atom. The molecule has 21 heavy (non-hydrogen) atoms. The van der Waals surface area contributed by atoms with E-state index in [1.165, 1.54) is 12.1 Å². The molecule has 0 bridgehead atoms. The summed E-state index contributed by atoms with van der Waals surface area (Å²) in [5.41, 5.74) is 2.89. The fourth-order valence-corrected chi connectivity index (χ4v) is 3.25. The molecule has 2 aromatic carbocycles. The number of benzene rings is 2. The molecular formula is C17H16BrF2N. The van der Waals surface area contributed by atoms with Gasteiger partial charge in [0.25, 0.3) is 0 Å². The van der Waals surface area contributed by atoms with Crippen LogP contribution in [0.4, 0.5) is 14.5 Å². The van der Waals surface area contributed by atoms with Gasteiger partial charge in [-0.2, -0.15) is 0 Å². The molecule has 1 fully saturated rings. The highest BCUT2D eigenvalue weighted by Gasteiger charge is 2.30. The fraction of sp³-hybridized carbons (Fsp3) is 0.294. The van der Waals surface area contributed by atoms with Gasteiger partial charge in [0.15, 0.2) is 0 Å². The Labute approximate surface area is 131 Å². The maximum absolute atomic E-state index is 13.6. The van der Waals surface area contributed by atoms with E-state index in [0.717, 1.165) is 29.7 Å². The summed E-state index contributed by atoms with van der Waals surface area (Å²) in [6.45, 7) is 1.95. The highest BCUT2D eigenvalue weighted by molar-refractivity contribution is 9.10. The molecule has 0 spiro atoms. The summed E-state index contributed by atoms with van der Waals surface area (Å²) in [6, 6.07) is 10.4. The molecule has 0 atom stereocenters.